The maximum absolute atomic E-state index is 9.84. The largest absolute Gasteiger partial charge is 0.391 e. The Hall–Kier alpha value is -2.32. The number of aromatic nitrogens is 4. The van der Waals surface area contributed by atoms with Crippen molar-refractivity contribution in [2.75, 3.05) is 18.0 Å². The smallest absolute Gasteiger partial charge is 0.233 e. The van der Waals surface area contributed by atoms with E-state index < -0.39 is 0 Å². The lowest BCUT2D eigenvalue weighted by Gasteiger charge is -2.31. The van der Waals surface area contributed by atoms with Crippen LogP contribution in [0.25, 0.3) is 11.4 Å². The first-order valence-corrected chi connectivity index (χ1v) is 8.81. The van der Waals surface area contributed by atoms with Crippen molar-refractivity contribution in [3.05, 3.63) is 40.8 Å². The highest BCUT2D eigenvalue weighted by molar-refractivity contribution is 7.07. The van der Waals surface area contributed by atoms with Crippen LogP contribution in [0.4, 0.5) is 5.82 Å². The van der Waals surface area contributed by atoms with Gasteiger partial charge in [0.2, 0.25) is 11.7 Å². The molecule has 1 atom stereocenters. The second-order valence-corrected chi connectivity index (χ2v) is 6.53. The van der Waals surface area contributed by atoms with Crippen LogP contribution in [-0.2, 0) is 6.42 Å². The van der Waals surface area contributed by atoms with Crippen molar-refractivity contribution in [3.8, 4) is 11.4 Å². The van der Waals surface area contributed by atoms with E-state index in [-0.39, 0.29) is 6.10 Å². The molecule has 0 amide bonds. The summed E-state index contributed by atoms with van der Waals surface area (Å²) in [7, 11) is 0. The van der Waals surface area contributed by atoms with Gasteiger partial charge in [0.15, 0.2) is 0 Å². The Balaban J connectivity index is 1.54. The third-order valence-corrected chi connectivity index (χ3v) is 4.64. The predicted octanol–water partition coefficient (Wildman–Crippen LogP) is 2.14. The molecule has 0 aliphatic carbocycles. The standard InChI is InChI=1S/C16H17N5O2S/c22-13-2-1-5-21(8-13)14-6-11(3-4-17-14)16-19-15(23-20-16)7-12-9-24-10-18-12/h3-4,6,9-10,13,22H,1-2,5,7-8H2. The van der Waals surface area contributed by atoms with Crippen molar-refractivity contribution in [2.24, 2.45) is 0 Å². The summed E-state index contributed by atoms with van der Waals surface area (Å²) in [5, 5.41) is 15.9. The van der Waals surface area contributed by atoms with Crippen LogP contribution in [0.15, 0.2) is 33.7 Å². The van der Waals surface area contributed by atoms with Gasteiger partial charge in [0.05, 0.1) is 23.7 Å². The lowest BCUT2D eigenvalue weighted by atomic mass is 10.1. The van der Waals surface area contributed by atoms with Crippen LogP contribution in [0.5, 0.6) is 0 Å². The van der Waals surface area contributed by atoms with Crippen LogP contribution in [0.1, 0.15) is 24.4 Å². The lowest BCUT2D eigenvalue weighted by Crippen LogP contribution is -2.38. The van der Waals surface area contributed by atoms with E-state index in [0.717, 1.165) is 36.5 Å². The number of piperidine rings is 1. The zero-order valence-corrected chi connectivity index (χ0v) is 13.8. The first kappa shape index (κ1) is 15.2. The van der Waals surface area contributed by atoms with Crippen LogP contribution in [-0.4, -0.2) is 44.4 Å². The van der Waals surface area contributed by atoms with Gasteiger partial charge in [0.25, 0.3) is 0 Å². The van der Waals surface area contributed by atoms with Gasteiger partial charge >= 0.3 is 0 Å². The van der Waals surface area contributed by atoms with Gasteiger partial charge < -0.3 is 14.5 Å². The summed E-state index contributed by atoms with van der Waals surface area (Å²) >= 11 is 1.54. The molecule has 7 nitrogen and oxygen atoms in total. The molecule has 0 spiro atoms. The minimum atomic E-state index is -0.293. The van der Waals surface area contributed by atoms with Crippen LogP contribution in [0.2, 0.25) is 0 Å². The van der Waals surface area contributed by atoms with Gasteiger partial charge in [-0.25, -0.2) is 9.97 Å². The van der Waals surface area contributed by atoms with Crippen LogP contribution in [0.3, 0.4) is 0 Å². The highest BCUT2D eigenvalue weighted by Gasteiger charge is 2.19. The Kier molecular flexibility index (Phi) is 4.22. The fourth-order valence-electron chi connectivity index (χ4n) is 2.82. The highest BCUT2D eigenvalue weighted by Crippen LogP contribution is 2.23. The Morgan fingerprint density at radius 1 is 1.38 bits per heavy atom. The average molecular weight is 343 g/mol. The summed E-state index contributed by atoms with van der Waals surface area (Å²) in [6.07, 6.45) is 3.79. The van der Waals surface area contributed by atoms with Crippen molar-refractivity contribution in [1.82, 2.24) is 20.1 Å². The van der Waals surface area contributed by atoms with E-state index in [4.69, 9.17) is 4.52 Å². The number of thiazole rings is 1. The van der Waals surface area contributed by atoms with Gasteiger partial charge in [-0.15, -0.1) is 11.3 Å². The van der Waals surface area contributed by atoms with Gasteiger partial charge in [-0.1, -0.05) is 5.16 Å². The van der Waals surface area contributed by atoms with Crippen molar-refractivity contribution in [3.63, 3.8) is 0 Å². The van der Waals surface area contributed by atoms with Gasteiger partial charge in [0.1, 0.15) is 5.82 Å². The number of anilines is 1. The molecule has 1 fully saturated rings. The van der Waals surface area contributed by atoms with Crippen molar-refractivity contribution in [1.29, 1.82) is 0 Å². The molecule has 3 aromatic rings. The second kappa shape index (κ2) is 6.66. The second-order valence-electron chi connectivity index (χ2n) is 5.81. The summed E-state index contributed by atoms with van der Waals surface area (Å²) in [6, 6.07) is 3.80. The number of nitrogens with zero attached hydrogens (tertiary/aromatic N) is 5. The number of hydrogen-bond donors (Lipinski definition) is 1. The van der Waals surface area contributed by atoms with Gasteiger partial charge in [-0.3, -0.25) is 0 Å². The normalized spacial score (nSPS) is 18.0. The SMILES string of the molecule is OC1CCCN(c2cc(-c3noc(Cc4cscn4)n3)ccn2)C1. The van der Waals surface area contributed by atoms with Crippen molar-refractivity contribution in [2.45, 2.75) is 25.4 Å². The maximum Gasteiger partial charge on any atom is 0.233 e. The van der Waals surface area contributed by atoms with Crippen LogP contribution in [0, 0.1) is 0 Å². The highest BCUT2D eigenvalue weighted by atomic mass is 32.1. The van der Waals surface area contributed by atoms with E-state index >= 15 is 0 Å². The number of aliphatic hydroxyl groups is 1. The number of pyridine rings is 1. The molecule has 1 aliphatic rings. The van der Waals surface area contributed by atoms with E-state index in [9.17, 15) is 5.11 Å². The van der Waals surface area contributed by atoms with E-state index in [2.05, 4.69) is 25.0 Å². The number of aliphatic hydroxyl groups excluding tert-OH is 1. The summed E-state index contributed by atoms with van der Waals surface area (Å²) in [4.78, 5) is 15.2. The van der Waals surface area contributed by atoms with E-state index in [1.165, 1.54) is 0 Å². The minimum absolute atomic E-state index is 0.293. The minimum Gasteiger partial charge on any atom is -0.391 e. The van der Waals surface area contributed by atoms with Crippen molar-refractivity contribution < 1.29 is 9.63 Å². The van der Waals surface area contributed by atoms with E-state index in [1.807, 2.05) is 17.5 Å². The van der Waals surface area contributed by atoms with Crippen LogP contribution >= 0.6 is 11.3 Å². The molecule has 0 bridgehead atoms. The zero-order chi connectivity index (χ0) is 16.4. The molecule has 4 rings (SSSR count). The Morgan fingerprint density at radius 3 is 3.17 bits per heavy atom. The maximum atomic E-state index is 9.84. The molecule has 4 heterocycles. The number of β-amino-alcohol motifs (C(OH)–C–C–N with tert-alkyl or cyclic N) is 1. The first-order valence-electron chi connectivity index (χ1n) is 7.87. The molecular weight excluding hydrogens is 326 g/mol. The number of hydrogen-bond acceptors (Lipinski definition) is 8. The topological polar surface area (TPSA) is 88.2 Å². The average Bonchev–Trinajstić information content (AvgIpc) is 3.27. The summed E-state index contributed by atoms with van der Waals surface area (Å²) in [5.41, 5.74) is 3.57. The summed E-state index contributed by atoms with van der Waals surface area (Å²) in [6.45, 7) is 1.51. The third-order valence-electron chi connectivity index (χ3n) is 4.01. The molecule has 1 aliphatic heterocycles. The van der Waals surface area contributed by atoms with E-state index in [0.29, 0.717) is 24.7 Å². The summed E-state index contributed by atoms with van der Waals surface area (Å²) < 4.78 is 5.32. The fraction of sp³-hybridized carbons (Fsp3) is 0.375. The molecule has 3 aromatic heterocycles. The van der Waals surface area contributed by atoms with Gasteiger partial charge in [0, 0.05) is 30.2 Å². The molecule has 0 saturated carbocycles. The van der Waals surface area contributed by atoms with Crippen LogP contribution < -0.4 is 4.90 Å². The van der Waals surface area contributed by atoms with Gasteiger partial charge in [-0.2, -0.15) is 4.98 Å². The molecule has 8 heteroatoms. The fourth-order valence-corrected chi connectivity index (χ4v) is 3.38. The molecule has 1 unspecified atom stereocenters. The molecule has 124 valence electrons. The van der Waals surface area contributed by atoms with Gasteiger partial charge in [-0.05, 0) is 25.0 Å². The summed E-state index contributed by atoms with van der Waals surface area (Å²) in [5.74, 6) is 1.92. The Morgan fingerprint density at radius 2 is 2.33 bits per heavy atom. The monoisotopic (exact) mass is 343 g/mol. The Labute approximate surface area is 143 Å². The molecule has 1 N–H and O–H groups in total. The van der Waals surface area contributed by atoms with E-state index in [1.54, 1.807) is 23.0 Å². The predicted molar refractivity (Wildman–Crippen MR) is 89.9 cm³/mol. The molecule has 24 heavy (non-hydrogen) atoms. The first-order chi connectivity index (χ1) is 11.8. The lowest BCUT2D eigenvalue weighted by molar-refractivity contribution is 0.154. The van der Waals surface area contributed by atoms with Crippen molar-refractivity contribution >= 4 is 17.2 Å². The quantitative estimate of drug-likeness (QED) is 0.776. The zero-order valence-electron chi connectivity index (χ0n) is 13.0. The molecule has 0 aromatic carbocycles. The third kappa shape index (κ3) is 3.29. The Bertz CT molecular complexity index is 804. The molecule has 0 radical (unpaired) electrons. The molecular formula is C16H17N5O2S. The number of rotatable bonds is 4. The molecule has 1 saturated heterocycles.